The summed E-state index contributed by atoms with van der Waals surface area (Å²) in [6, 6.07) is 0.607. The van der Waals surface area contributed by atoms with Crippen molar-refractivity contribution in [1.29, 1.82) is 0 Å². The predicted octanol–water partition coefficient (Wildman–Crippen LogP) is 1.58. The number of nitrogens with zero attached hydrogens (tertiary/aromatic N) is 2. The van der Waals surface area contributed by atoms with Crippen LogP contribution in [-0.4, -0.2) is 60.3 Å². The van der Waals surface area contributed by atoms with Gasteiger partial charge in [0.25, 0.3) is 0 Å². The van der Waals surface area contributed by atoms with Gasteiger partial charge < -0.3 is 15.7 Å². The topological polar surface area (TPSA) is 59.9 Å². The number of nitrogens with one attached hydrogen (secondary N) is 2. The Morgan fingerprint density at radius 3 is 2.52 bits per heavy atom. The van der Waals surface area contributed by atoms with Crippen molar-refractivity contribution in [2.45, 2.75) is 65.0 Å². The van der Waals surface area contributed by atoms with Crippen LogP contribution in [0, 0.1) is 0 Å². The zero-order valence-corrected chi connectivity index (χ0v) is 14.3. The molecule has 0 aliphatic carbocycles. The van der Waals surface area contributed by atoms with Crippen molar-refractivity contribution in [2.24, 2.45) is 4.99 Å². The Hall–Kier alpha value is -0.810. The van der Waals surface area contributed by atoms with Crippen LogP contribution in [0.5, 0.6) is 0 Å². The van der Waals surface area contributed by atoms with Crippen LogP contribution in [0.1, 0.15) is 53.4 Å². The van der Waals surface area contributed by atoms with E-state index in [1.165, 1.54) is 19.4 Å². The zero-order valence-electron chi connectivity index (χ0n) is 14.3. The van der Waals surface area contributed by atoms with E-state index in [1.54, 1.807) is 0 Å². The maximum absolute atomic E-state index is 10.3. The maximum atomic E-state index is 10.3. The van der Waals surface area contributed by atoms with Crippen molar-refractivity contribution < 1.29 is 5.11 Å². The first-order chi connectivity index (χ1) is 10.1. The Kier molecular flexibility index (Phi) is 8.04. The lowest BCUT2D eigenvalue weighted by molar-refractivity contribution is 0.0418. The number of hydrogen-bond acceptors (Lipinski definition) is 3. The molecule has 0 aromatic heterocycles. The van der Waals surface area contributed by atoms with Gasteiger partial charge in [0.05, 0.1) is 12.1 Å². The normalized spacial score (nSPS) is 20.8. The van der Waals surface area contributed by atoms with Gasteiger partial charge in [-0.1, -0.05) is 20.8 Å². The van der Waals surface area contributed by atoms with Crippen LogP contribution in [0.4, 0.5) is 0 Å². The molecule has 0 amide bonds. The highest BCUT2D eigenvalue weighted by atomic mass is 16.3. The molecule has 0 spiro atoms. The Morgan fingerprint density at radius 2 is 1.95 bits per heavy atom. The molecule has 1 unspecified atom stereocenters. The third-order valence-corrected chi connectivity index (χ3v) is 4.60. The summed E-state index contributed by atoms with van der Waals surface area (Å²) in [5.74, 6) is 0.820. The average Bonchev–Trinajstić information content (AvgIpc) is 2.97. The van der Waals surface area contributed by atoms with Gasteiger partial charge in [0, 0.05) is 19.1 Å². The number of likely N-dealkylation sites (tertiary alicyclic amines) is 1. The Bertz CT molecular complexity index is 315. The van der Waals surface area contributed by atoms with Gasteiger partial charge in [-0.25, -0.2) is 0 Å². The molecule has 0 radical (unpaired) electrons. The fourth-order valence-corrected chi connectivity index (χ4v) is 2.80. The van der Waals surface area contributed by atoms with Gasteiger partial charge in [-0.15, -0.1) is 0 Å². The summed E-state index contributed by atoms with van der Waals surface area (Å²) in [5.41, 5.74) is -0.675. The largest absolute Gasteiger partial charge is 0.388 e. The molecule has 1 heterocycles. The first-order valence-electron chi connectivity index (χ1n) is 8.57. The van der Waals surface area contributed by atoms with Gasteiger partial charge in [-0.3, -0.25) is 9.89 Å². The number of hydrogen-bond donors (Lipinski definition) is 3. The summed E-state index contributed by atoms with van der Waals surface area (Å²) >= 11 is 0. The van der Waals surface area contributed by atoms with E-state index in [4.69, 9.17) is 0 Å². The standard InChI is InChI=1S/C16H34N4O/c1-5-16(21,6-2)13-19-15(17-7-3)18-12-14-10-9-11-20(14)8-4/h14,21H,5-13H2,1-4H3,(H2,17,18,19). The molecule has 1 saturated heterocycles. The minimum Gasteiger partial charge on any atom is -0.388 e. The number of rotatable bonds is 8. The van der Waals surface area contributed by atoms with Gasteiger partial charge in [-0.05, 0) is 45.7 Å². The lowest BCUT2D eigenvalue weighted by atomic mass is 9.98. The Labute approximate surface area is 130 Å². The third-order valence-electron chi connectivity index (χ3n) is 4.60. The highest BCUT2D eigenvalue weighted by Gasteiger charge is 2.24. The van der Waals surface area contributed by atoms with Crippen molar-refractivity contribution in [3.05, 3.63) is 0 Å². The fraction of sp³-hybridized carbons (Fsp3) is 0.938. The number of likely N-dealkylation sites (N-methyl/N-ethyl adjacent to an activating group) is 1. The number of aliphatic imine (C=N–C) groups is 1. The molecule has 1 aliphatic rings. The second-order valence-corrected chi connectivity index (χ2v) is 5.93. The van der Waals surface area contributed by atoms with Gasteiger partial charge in [0.1, 0.15) is 0 Å². The number of aliphatic hydroxyl groups is 1. The minimum absolute atomic E-state index is 0.456. The molecule has 1 rings (SSSR count). The van der Waals surface area contributed by atoms with Crippen LogP contribution >= 0.6 is 0 Å². The van der Waals surface area contributed by atoms with Crippen LogP contribution in [-0.2, 0) is 0 Å². The predicted molar refractivity (Wildman–Crippen MR) is 89.8 cm³/mol. The SMILES string of the molecule is CCNC(=NCC(O)(CC)CC)NCC1CCCN1CC. The first-order valence-corrected chi connectivity index (χ1v) is 8.57. The molecule has 5 heteroatoms. The first kappa shape index (κ1) is 18.2. The van der Waals surface area contributed by atoms with E-state index in [9.17, 15) is 5.11 Å². The van der Waals surface area contributed by atoms with E-state index < -0.39 is 5.60 Å². The van der Waals surface area contributed by atoms with Gasteiger partial charge in [0.2, 0.25) is 0 Å². The van der Waals surface area contributed by atoms with Gasteiger partial charge in [0.15, 0.2) is 5.96 Å². The van der Waals surface area contributed by atoms with Crippen LogP contribution in [0.3, 0.4) is 0 Å². The summed E-state index contributed by atoms with van der Waals surface area (Å²) in [4.78, 5) is 7.08. The van der Waals surface area contributed by atoms with Crippen molar-refractivity contribution >= 4 is 5.96 Å². The van der Waals surface area contributed by atoms with Crippen LogP contribution < -0.4 is 10.6 Å². The quantitative estimate of drug-likeness (QED) is 0.470. The molecule has 0 aromatic rings. The van der Waals surface area contributed by atoms with Crippen molar-refractivity contribution in [3.8, 4) is 0 Å². The third kappa shape index (κ3) is 5.83. The smallest absolute Gasteiger partial charge is 0.191 e. The highest BCUT2D eigenvalue weighted by molar-refractivity contribution is 5.79. The molecule has 5 nitrogen and oxygen atoms in total. The summed E-state index contributed by atoms with van der Waals surface area (Å²) in [6.45, 7) is 12.9. The molecule has 0 aromatic carbocycles. The van der Waals surface area contributed by atoms with Crippen molar-refractivity contribution in [1.82, 2.24) is 15.5 Å². The molecule has 0 bridgehead atoms. The minimum atomic E-state index is -0.675. The van der Waals surface area contributed by atoms with Crippen molar-refractivity contribution in [2.75, 3.05) is 32.7 Å². The molecule has 0 saturated carbocycles. The molecule has 1 aliphatic heterocycles. The second kappa shape index (κ2) is 9.26. The van der Waals surface area contributed by atoms with Gasteiger partial charge in [-0.2, -0.15) is 0 Å². The number of guanidine groups is 1. The summed E-state index contributed by atoms with van der Waals surface area (Å²) in [6.07, 6.45) is 4.02. The van der Waals surface area contributed by atoms with E-state index in [1.807, 2.05) is 13.8 Å². The molecule has 1 fully saturated rings. The molecule has 1 atom stereocenters. The van der Waals surface area contributed by atoms with E-state index in [-0.39, 0.29) is 0 Å². The van der Waals surface area contributed by atoms with Gasteiger partial charge >= 0.3 is 0 Å². The Balaban J connectivity index is 2.52. The summed E-state index contributed by atoms with van der Waals surface area (Å²) in [7, 11) is 0. The van der Waals surface area contributed by atoms with Crippen LogP contribution in [0.2, 0.25) is 0 Å². The molecular formula is C16H34N4O. The lowest BCUT2D eigenvalue weighted by Crippen LogP contribution is -2.45. The fourth-order valence-electron chi connectivity index (χ4n) is 2.80. The van der Waals surface area contributed by atoms with E-state index in [0.29, 0.717) is 12.6 Å². The average molecular weight is 298 g/mol. The molecule has 3 N–H and O–H groups in total. The van der Waals surface area contributed by atoms with E-state index in [0.717, 1.165) is 38.4 Å². The monoisotopic (exact) mass is 298 g/mol. The maximum Gasteiger partial charge on any atom is 0.191 e. The molecule has 21 heavy (non-hydrogen) atoms. The van der Waals surface area contributed by atoms with E-state index in [2.05, 4.69) is 34.4 Å². The zero-order chi connectivity index (χ0) is 15.7. The Morgan fingerprint density at radius 1 is 1.24 bits per heavy atom. The van der Waals surface area contributed by atoms with Crippen LogP contribution in [0.25, 0.3) is 0 Å². The summed E-state index contributed by atoms with van der Waals surface area (Å²) in [5, 5.41) is 17.0. The van der Waals surface area contributed by atoms with Crippen LogP contribution in [0.15, 0.2) is 4.99 Å². The van der Waals surface area contributed by atoms with Crippen molar-refractivity contribution in [3.63, 3.8) is 0 Å². The second-order valence-electron chi connectivity index (χ2n) is 5.93. The van der Waals surface area contributed by atoms with E-state index >= 15 is 0 Å². The summed E-state index contributed by atoms with van der Waals surface area (Å²) < 4.78 is 0. The lowest BCUT2D eigenvalue weighted by Gasteiger charge is -2.25. The highest BCUT2D eigenvalue weighted by Crippen LogP contribution is 2.16. The molecule has 124 valence electrons. The molecular weight excluding hydrogens is 264 g/mol.